The van der Waals surface area contributed by atoms with Crippen molar-refractivity contribution in [3.63, 3.8) is 0 Å². The lowest BCUT2D eigenvalue weighted by molar-refractivity contribution is 0.102. The molecule has 2 heterocycles. The van der Waals surface area contributed by atoms with E-state index >= 15 is 0 Å². The van der Waals surface area contributed by atoms with Crippen molar-refractivity contribution in [2.45, 2.75) is 25.4 Å². The van der Waals surface area contributed by atoms with Crippen LogP contribution in [-0.2, 0) is 6.42 Å². The van der Waals surface area contributed by atoms with Crippen molar-refractivity contribution < 1.29 is 4.79 Å². The van der Waals surface area contributed by atoms with Crippen molar-refractivity contribution in [1.29, 1.82) is 0 Å². The van der Waals surface area contributed by atoms with Gasteiger partial charge in [-0.05, 0) is 24.8 Å². The van der Waals surface area contributed by atoms with E-state index in [4.69, 9.17) is 0 Å². The SMILES string of the molecule is CCc1c(C)nc(SCC(=O)c2cccs2)[nH]c1=O. The number of nitrogens with one attached hydrogen (secondary N) is 1. The molecule has 0 aliphatic rings. The molecular formula is C13H14N2O2S2. The maximum atomic E-state index is 11.8. The molecule has 0 bridgehead atoms. The number of hydrogen-bond acceptors (Lipinski definition) is 5. The van der Waals surface area contributed by atoms with Crippen molar-refractivity contribution in [2.75, 3.05) is 5.75 Å². The predicted octanol–water partition coefficient (Wildman–Crippen LogP) is 2.68. The highest BCUT2D eigenvalue weighted by atomic mass is 32.2. The zero-order valence-corrected chi connectivity index (χ0v) is 12.4. The molecule has 2 aromatic heterocycles. The summed E-state index contributed by atoms with van der Waals surface area (Å²) in [6.07, 6.45) is 0.660. The molecule has 100 valence electrons. The van der Waals surface area contributed by atoms with Gasteiger partial charge in [0.1, 0.15) is 0 Å². The Morgan fingerprint density at radius 3 is 2.89 bits per heavy atom. The van der Waals surface area contributed by atoms with Gasteiger partial charge < -0.3 is 4.98 Å². The summed E-state index contributed by atoms with van der Waals surface area (Å²) < 4.78 is 0. The fourth-order valence-electron chi connectivity index (χ4n) is 1.71. The summed E-state index contributed by atoms with van der Waals surface area (Å²) in [5.74, 6) is 0.342. The van der Waals surface area contributed by atoms with Gasteiger partial charge in [-0.25, -0.2) is 4.98 Å². The van der Waals surface area contributed by atoms with Crippen LogP contribution in [0, 0.1) is 6.92 Å². The van der Waals surface area contributed by atoms with E-state index in [1.165, 1.54) is 23.1 Å². The Bertz CT molecular complexity index is 633. The lowest BCUT2D eigenvalue weighted by atomic mass is 10.2. The highest BCUT2D eigenvalue weighted by Gasteiger charge is 2.10. The Morgan fingerprint density at radius 1 is 1.53 bits per heavy atom. The van der Waals surface area contributed by atoms with E-state index in [-0.39, 0.29) is 17.1 Å². The summed E-state index contributed by atoms with van der Waals surface area (Å²) in [7, 11) is 0. The number of H-pyrrole nitrogens is 1. The highest BCUT2D eigenvalue weighted by molar-refractivity contribution is 7.99. The quantitative estimate of drug-likeness (QED) is 0.523. The van der Waals surface area contributed by atoms with Crippen LogP contribution in [0.2, 0.25) is 0 Å². The second-order valence-electron chi connectivity index (χ2n) is 3.98. The summed E-state index contributed by atoms with van der Waals surface area (Å²) in [4.78, 5) is 31.4. The van der Waals surface area contributed by atoms with E-state index < -0.39 is 0 Å². The van der Waals surface area contributed by atoms with Crippen molar-refractivity contribution in [3.05, 3.63) is 44.0 Å². The Morgan fingerprint density at radius 2 is 2.32 bits per heavy atom. The molecule has 0 saturated carbocycles. The predicted molar refractivity (Wildman–Crippen MR) is 78.3 cm³/mol. The first-order valence-electron chi connectivity index (χ1n) is 5.91. The highest BCUT2D eigenvalue weighted by Crippen LogP contribution is 2.17. The van der Waals surface area contributed by atoms with Crippen LogP contribution in [0.5, 0.6) is 0 Å². The van der Waals surface area contributed by atoms with E-state index in [0.29, 0.717) is 17.1 Å². The van der Waals surface area contributed by atoms with Crippen molar-refractivity contribution >= 4 is 28.9 Å². The second-order valence-corrected chi connectivity index (χ2v) is 5.89. The molecule has 0 saturated heterocycles. The minimum atomic E-state index is -0.110. The first kappa shape index (κ1) is 14.0. The smallest absolute Gasteiger partial charge is 0.254 e. The molecule has 6 heteroatoms. The minimum absolute atomic E-state index is 0.0554. The van der Waals surface area contributed by atoms with Gasteiger partial charge in [0, 0.05) is 11.3 Å². The Balaban J connectivity index is 2.08. The van der Waals surface area contributed by atoms with Crippen LogP contribution in [0.4, 0.5) is 0 Å². The average Bonchev–Trinajstić information content (AvgIpc) is 2.89. The molecule has 0 radical (unpaired) electrons. The first-order chi connectivity index (χ1) is 9.11. The summed E-state index contributed by atoms with van der Waals surface area (Å²) in [6.45, 7) is 3.74. The molecule has 4 nitrogen and oxygen atoms in total. The van der Waals surface area contributed by atoms with Crippen LogP contribution in [0.3, 0.4) is 0 Å². The number of thioether (sulfide) groups is 1. The number of thiophene rings is 1. The van der Waals surface area contributed by atoms with Gasteiger partial charge in [-0.3, -0.25) is 9.59 Å². The molecule has 2 aromatic rings. The third kappa shape index (κ3) is 3.33. The molecule has 0 aliphatic heterocycles. The molecule has 0 amide bonds. The molecule has 19 heavy (non-hydrogen) atoms. The fourth-order valence-corrected chi connectivity index (χ4v) is 3.26. The fraction of sp³-hybridized carbons (Fsp3) is 0.308. The molecule has 0 aromatic carbocycles. The Kier molecular flexibility index (Phi) is 4.55. The van der Waals surface area contributed by atoms with E-state index in [1.54, 1.807) is 6.07 Å². The standard InChI is InChI=1S/C13H14N2O2S2/c1-3-9-8(2)14-13(15-12(9)17)19-7-10(16)11-5-4-6-18-11/h4-6H,3,7H2,1-2H3,(H,14,15,17). The lowest BCUT2D eigenvalue weighted by Gasteiger charge is -2.04. The third-order valence-corrected chi connectivity index (χ3v) is 4.47. The zero-order chi connectivity index (χ0) is 13.8. The van der Waals surface area contributed by atoms with Gasteiger partial charge in [0.15, 0.2) is 10.9 Å². The first-order valence-corrected chi connectivity index (χ1v) is 7.77. The number of carbonyl (C=O) groups is 1. The average molecular weight is 294 g/mol. The zero-order valence-electron chi connectivity index (χ0n) is 10.7. The van der Waals surface area contributed by atoms with Crippen LogP contribution in [0.25, 0.3) is 0 Å². The number of Topliss-reactive ketones (excluding diaryl/α,β-unsaturated/α-hetero) is 1. The van der Waals surface area contributed by atoms with Gasteiger partial charge in [-0.1, -0.05) is 24.8 Å². The topological polar surface area (TPSA) is 62.8 Å². The van der Waals surface area contributed by atoms with Gasteiger partial charge in [-0.2, -0.15) is 0 Å². The van der Waals surface area contributed by atoms with Gasteiger partial charge in [0.25, 0.3) is 5.56 Å². The number of rotatable bonds is 5. The van der Waals surface area contributed by atoms with Crippen molar-refractivity contribution in [1.82, 2.24) is 9.97 Å². The summed E-state index contributed by atoms with van der Waals surface area (Å²) >= 11 is 2.69. The molecule has 2 rings (SSSR count). The maximum Gasteiger partial charge on any atom is 0.254 e. The van der Waals surface area contributed by atoms with Crippen LogP contribution >= 0.6 is 23.1 Å². The van der Waals surface area contributed by atoms with E-state index in [1.807, 2.05) is 25.3 Å². The van der Waals surface area contributed by atoms with Crippen LogP contribution in [0.15, 0.2) is 27.5 Å². The van der Waals surface area contributed by atoms with Gasteiger partial charge >= 0.3 is 0 Å². The third-order valence-electron chi connectivity index (χ3n) is 2.69. The number of ketones is 1. The van der Waals surface area contributed by atoms with E-state index in [0.717, 1.165) is 10.6 Å². The molecule has 0 aliphatic carbocycles. The molecule has 0 atom stereocenters. The number of carbonyl (C=O) groups excluding carboxylic acids is 1. The maximum absolute atomic E-state index is 11.8. The van der Waals surface area contributed by atoms with Gasteiger partial charge in [-0.15, -0.1) is 11.3 Å². The summed E-state index contributed by atoms with van der Waals surface area (Å²) in [5, 5.41) is 2.38. The summed E-state index contributed by atoms with van der Waals surface area (Å²) in [6, 6.07) is 3.65. The van der Waals surface area contributed by atoms with Gasteiger partial charge in [0.05, 0.1) is 10.6 Å². The molecular weight excluding hydrogens is 280 g/mol. The Labute approximate surface area is 119 Å². The van der Waals surface area contributed by atoms with Gasteiger partial charge in [0.2, 0.25) is 0 Å². The number of aromatic amines is 1. The largest absolute Gasteiger partial charge is 0.301 e. The van der Waals surface area contributed by atoms with Crippen molar-refractivity contribution in [2.24, 2.45) is 0 Å². The number of aromatic nitrogens is 2. The minimum Gasteiger partial charge on any atom is -0.301 e. The second kappa shape index (κ2) is 6.16. The lowest BCUT2D eigenvalue weighted by Crippen LogP contribution is -2.17. The normalized spacial score (nSPS) is 10.6. The van der Waals surface area contributed by atoms with Crippen LogP contribution < -0.4 is 5.56 Å². The van der Waals surface area contributed by atoms with E-state index in [9.17, 15) is 9.59 Å². The molecule has 1 N–H and O–H groups in total. The van der Waals surface area contributed by atoms with E-state index in [2.05, 4.69) is 9.97 Å². The Hall–Kier alpha value is -1.40. The number of hydrogen-bond donors (Lipinski definition) is 1. The van der Waals surface area contributed by atoms with Crippen molar-refractivity contribution in [3.8, 4) is 0 Å². The molecule has 0 unspecified atom stereocenters. The van der Waals surface area contributed by atoms with Crippen LogP contribution in [0.1, 0.15) is 27.9 Å². The molecule has 0 spiro atoms. The van der Waals surface area contributed by atoms with Crippen LogP contribution in [-0.4, -0.2) is 21.5 Å². The monoisotopic (exact) mass is 294 g/mol. The molecule has 0 fully saturated rings. The number of nitrogens with zero attached hydrogens (tertiary/aromatic N) is 1. The summed E-state index contributed by atoms with van der Waals surface area (Å²) in [5.41, 5.74) is 1.33. The number of aryl methyl sites for hydroxylation is 1.